The van der Waals surface area contributed by atoms with Gasteiger partial charge in [0.15, 0.2) is 6.29 Å². The first-order valence-electron chi connectivity index (χ1n) is 3.53. The van der Waals surface area contributed by atoms with Gasteiger partial charge in [-0.2, -0.15) is 0 Å². The Balaban J connectivity index is 2.76. The highest BCUT2D eigenvalue weighted by atomic mass is 16.6. The molecule has 0 radical (unpaired) electrons. The van der Waals surface area contributed by atoms with E-state index in [1.165, 1.54) is 0 Å². The van der Waals surface area contributed by atoms with Crippen LogP contribution in [-0.2, 0) is 9.53 Å². The summed E-state index contributed by atoms with van der Waals surface area (Å²) in [6.07, 6.45) is -9.00. The number of aliphatic carboxylic acids is 1. The van der Waals surface area contributed by atoms with Crippen molar-refractivity contribution in [2.24, 2.45) is 0 Å². The van der Waals surface area contributed by atoms with Crippen LogP contribution in [0.15, 0.2) is 0 Å². The van der Waals surface area contributed by atoms with E-state index < -0.39 is 36.7 Å². The first kappa shape index (κ1) is 10.4. The molecule has 0 aromatic heterocycles. The molecule has 5 atom stereocenters. The van der Waals surface area contributed by atoms with Gasteiger partial charge >= 0.3 is 0 Å². The van der Waals surface area contributed by atoms with Crippen molar-refractivity contribution in [2.45, 2.75) is 30.7 Å². The largest absolute Gasteiger partial charge is 0.547 e. The minimum atomic E-state index is -1.85. The minimum absolute atomic E-state index is 1.73. The summed E-state index contributed by atoms with van der Waals surface area (Å²) in [5.41, 5.74) is 0. The van der Waals surface area contributed by atoms with Gasteiger partial charge in [-0.3, -0.25) is 0 Å². The lowest BCUT2D eigenvalue weighted by Crippen LogP contribution is -2.62. The third-order valence-corrected chi connectivity index (χ3v) is 1.82. The van der Waals surface area contributed by atoms with Crippen LogP contribution in [0.5, 0.6) is 0 Å². The van der Waals surface area contributed by atoms with Gasteiger partial charge in [-0.15, -0.1) is 0 Å². The van der Waals surface area contributed by atoms with Crippen molar-refractivity contribution < 1.29 is 35.1 Å². The normalized spacial score (nSPS) is 46.0. The molecule has 1 aliphatic rings. The molecule has 0 aromatic carbocycles. The molecule has 1 fully saturated rings. The zero-order chi connectivity index (χ0) is 10.2. The van der Waals surface area contributed by atoms with Crippen LogP contribution in [-0.4, -0.2) is 57.1 Å². The third-order valence-electron chi connectivity index (χ3n) is 1.82. The fourth-order valence-corrected chi connectivity index (χ4v) is 1.06. The third kappa shape index (κ3) is 1.79. The number of carboxylic acids is 1. The molecule has 0 saturated carbocycles. The maximum absolute atomic E-state index is 10.3. The monoisotopic (exact) mass is 193 g/mol. The molecule has 1 heterocycles. The van der Waals surface area contributed by atoms with E-state index in [-0.39, 0.29) is 0 Å². The molecule has 13 heavy (non-hydrogen) atoms. The Morgan fingerprint density at radius 2 is 1.62 bits per heavy atom. The number of hydrogen-bond donors (Lipinski definition) is 4. The van der Waals surface area contributed by atoms with Crippen LogP contribution in [0.3, 0.4) is 0 Å². The fourth-order valence-electron chi connectivity index (χ4n) is 1.06. The number of carbonyl (C=O) groups excluding carboxylic acids is 1. The van der Waals surface area contributed by atoms with Gasteiger partial charge in [0.05, 0.1) is 5.97 Å². The summed E-state index contributed by atoms with van der Waals surface area (Å²) in [6, 6.07) is 0. The van der Waals surface area contributed by atoms with Crippen LogP contribution in [0.25, 0.3) is 0 Å². The predicted molar refractivity (Wildman–Crippen MR) is 33.9 cm³/mol. The number of carboxylic acid groups (broad SMARTS) is 1. The summed E-state index contributed by atoms with van der Waals surface area (Å²) < 4.78 is 4.28. The first-order valence-corrected chi connectivity index (χ1v) is 3.53. The molecule has 0 bridgehead atoms. The number of hydrogen-bond acceptors (Lipinski definition) is 7. The summed E-state index contributed by atoms with van der Waals surface area (Å²) in [7, 11) is 0. The highest BCUT2D eigenvalue weighted by Gasteiger charge is 2.43. The molecule has 7 nitrogen and oxygen atoms in total. The summed E-state index contributed by atoms with van der Waals surface area (Å²) >= 11 is 0. The van der Waals surface area contributed by atoms with Gasteiger partial charge in [0.1, 0.15) is 24.4 Å². The van der Waals surface area contributed by atoms with Crippen LogP contribution in [0, 0.1) is 0 Å². The molecule has 4 N–H and O–H groups in total. The SMILES string of the molecule is O=C([O-])[C@H]1O[C@@H](O)[C@H](O)[C@@H](O)[C@H]1O. The van der Waals surface area contributed by atoms with Crippen LogP contribution < -0.4 is 5.11 Å². The van der Waals surface area contributed by atoms with Crippen molar-refractivity contribution >= 4 is 5.97 Å². The molecule has 0 aliphatic carbocycles. The zero-order valence-corrected chi connectivity index (χ0v) is 6.40. The second-order valence-corrected chi connectivity index (χ2v) is 2.74. The van der Waals surface area contributed by atoms with Gasteiger partial charge in [-0.25, -0.2) is 0 Å². The Kier molecular flexibility index (Phi) is 2.84. The smallest absolute Gasteiger partial charge is 0.184 e. The number of aliphatic hydroxyl groups is 4. The molecule has 0 spiro atoms. The summed E-state index contributed by atoms with van der Waals surface area (Å²) in [5.74, 6) is -1.77. The summed E-state index contributed by atoms with van der Waals surface area (Å²) in [5, 5.41) is 46.1. The van der Waals surface area contributed by atoms with E-state index in [0.717, 1.165) is 0 Å². The Morgan fingerprint density at radius 1 is 1.08 bits per heavy atom. The number of carbonyl (C=O) groups is 1. The first-order chi connectivity index (χ1) is 5.95. The molecule has 1 rings (SSSR count). The van der Waals surface area contributed by atoms with Gasteiger partial charge in [-0.1, -0.05) is 0 Å². The van der Waals surface area contributed by atoms with Crippen molar-refractivity contribution in [1.82, 2.24) is 0 Å². The molecule has 0 amide bonds. The molecule has 1 aliphatic heterocycles. The zero-order valence-electron chi connectivity index (χ0n) is 6.40. The summed E-state index contributed by atoms with van der Waals surface area (Å²) in [4.78, 5) is 10.3. The lowest BCUT2D eigenvalue weighted by molar-refractivity contribution is -0.345. The average Bonchev–Trinajstić information content (AvgIpc) is 2.07. The number of aliphatic hydroxyl groups excluding tert-OH is 4. The molecular weight excluding hydrogens is 184 g/mol. The van der Waals surface area contributed by atoms with Crippen molar-refractivity contribution in [3.63, 3.8) is 0 Å². The maximum Gasteiger partial charge on any atom is 0.184 e. The number of rotatable bonds is 1. The van der Waals surface area contributed by atoms with Gasteiger partial charge in [0.25, 0.3) is 0 Å². The van der Waals surface area contributed by atoms with Crippen LogP contribution in [0.2, 0.25) is 0 Å². The molecule has 1 saturated heterocycles. The molecule has 7 heteroatoms. The quantitative estimate of drug-likeness (QED) is 0.330. The van der Waals surface area contributed by atoms with Crippen LogP contribution in [0.1, 0.15) is 0 Å². The topological polar surface area (TPSA) is 130 Å². The Labute approximate surface area is 72.8 Å². The van der Waals surface area contributed by atoms with Crippen molar-refractivity contribution in [2.75, 3.05) is 0 Å². The molecule has 0 aromatic rings. The second-order valence-electron chi connectivity index (χ2n) is 2.74. The van der Waals surface area contributed by atoms with E-state index in [9.17, 15) is 9.90 Å². The molecular formula is C6H9O7-. The Morgan fingerprint density at radius 3 is 2.08 bits per heavy atom. The van der Waals surface area contributed by atoms with E-state index in [2.05, 4.69) is 4.74 Å². The Bertz CT molecular complexity index is 205. The van der Waals surface area contributed by atoms with Gasteiger partial charge in [-0.05, 0) is 0 Å². The summed E-state index contributed by atoms with van der Waals surface area (Å²) in [6.45, 7) is 0. The second kappa shape index (κ2) is 3.56. The van der Waals surface area contributed by atoms with E-state index in [0.29, 0.717) is 0 Å². The highest BCUT2D eigenvalue weighted by Crippen LogP contribution is 2.19. The van der Waals surface area contributed by atoms with Crippen molar-refractivity contribution in [3.8, 4) is 0 Å². The lowest BCUT2D eigenvalue weighted by atomic mass is 9.99. The van der Waals surface area contributed by atoms with E-state index >= 15 is 0 Å². The molecule has 76 valence electrons. The van der Waals surface area contributed by atoms with E-state index in [4.69, 9.17) is 20.4 Å². The maximum atomic E-state index is 10.3. The average molecular weight is 193 g/mol. The standard InChI is InChI=1S/C6H10O7/c7-1-2(8)4(5(10)11)13-6(12)3(1)9/h1-4,6-9,12H,(H,10,11)/p-1/t1-,2+,3+,4-,6+/m0/s1. The lowest BCUT2D eigenvalue weighted by Gasteiger charge is -2.38. The van der Waals surface area contributed by atoms with Gasteiger partial charge in [0.2, 0.25) is 0 Å². The highest BCUT2D eigenvalue weighted by molar-refractivity contribution is 5.71. The van der Waals surface area contributed by atoms with Gasteiger partial charge < -0.3 is 35.1 Å². The predicted octanol–water partition coefficient (Wildman–Crippen LogP) is -4.46. The van der Waals surface area contributed by atoms with E-state index in [1.807, 2.05) is 0 Å². The van der Waals surface area contributed by atoms with Crippen LogP contribution >= 0.6 is 0 Å². The van der Waals surface area contributed by atoms with Crippen LogP contribution in [0.4, 0.5) is 0 Å². The molecule has 0 unspecified atom stereocenters. The van der Waals surface area contributed by atoms with Crippen molar-refractivity contribution in [1.29, 1.82) is 0 Å². The fraction of sp³-hybridized carbons (Fsp3) is 0.833. The minimum Gasteiger partial charge on any atom is -0.547 e. The Hall–Kier alpha value is -0.730. The van der Waals surface area contributed by atoms with E-state index in [1.54, 1.807) is 0 Å². The van der Waals surface area contributed by atoms with Gasteiger partial charge in [0, 0.05) is 0 Å². The number of ether oxygens (including phenoxy) is 1. The van der Waals surface area contributed by atoms with Crippen molar-refractivity contribution in [3.05, 3.63) is 0 Å².